The largest absolute Gasteiger partial charge is 0.369 e. The molecule has 136 valence electrons. The van der Waals surface area contributed by atoms with Gasteiger partial charge in [0.15, 0.2) is 0 Å². The molecule has 2 unspecified atom stereocenters. The van der Waals surface area contributed by atoms with E-state index in [9.17, 15) is 14.4 Å². The molecule has 0 radical (unpaired) electrons. The second-order valence-corrected chi connectivity index (χ2v) is 8.17. The summed E-state index contributed by atoms with van der Waals surface area (Å²) >= 11 is 0. The van der Waals surface area contributed by atoms with Gasteiger partial charge in [-0.1, -0.05) is 20.8 Å². The van der Waals surface area contributed by atoms with Crippen molar-refractivity contribution in [3.05, 3.63) is 0 Å². The molecule has 0 spiro atoms. The third kappa shape index (κ3) is 3.98. The molecule has 5 atom stereocenters. The minimum Gasteiger partial charge on any atom is -0.369 e. The lowest BCUT2D eigenvalue weighted by atomic mass is 9.69. The summed E-state index contributed by atoms with van der Waals surface area (Å²) in [6.07, 6.45) is 3.96. The van der Waals surface area contributed by atoms with Crippen molar-refractivity contribution in [2.24, 2.45) is 35.3 Å². The Hall–Kier alpha value is -1.39. The van der Waals surface area contributed by atoms with Crippen molar-refractivity contribution >= 4 is 17.6 Å². The quantitative estimate of drug-likeness (QED) is 0.856. The number of nitrogens with zero attached hydrogens (tertiary/aromatic N) is 1. The summed E-state index contributed by atoms with van der Waals surface area (Å²) < 4.78 is 0. The highest BCUT2D eigenvalue weighted by molar-refractivity contribution is 5.86. The highest BCUT2D eigenvalue weighted by Gasteiger charge is 2.40. The van der Waals surface area contributed by atoms with E-state index in [2.05, 4.69) is 13.8 Å². The van der Waals surface area contributed by atoms with E-state index in [0.717, 1.165) is 25.7 Å². The summed E-state index contributed by atoms with van der Waals surface area (Å²) in [5.41, 5.74) is 5.46. The molecule has 1 aliphatic carbocycles. The minimum absolute atomic E-state index is 0.0471. The molecule has 1 saturated carbocycles. The number of carbonyl (C=O) groups excluding carboxylic acids is 3. The number of hydrogen-bond acceptors (Lipinski definition) is 3. The minimum atomic E-state index is -0.284. The van der Waals surface area contributed by atoms with Crippen LogP contribution in [-0.2, 0) is 14.4 Å². The van der Waals surface area contributed by atoms with Gasteiger partial charge in [-0.25, -0.2) is 0 Å². The molecule has 2 rings (SSSR count). The zero-order valence-corrected chi connectivity index (χ0v) is 15.5. The summed E-state index contributed by atoms with van der Waals surface area (Å²) in [6.45, 7) is 8.50. The lowest BCUT2D eigenvalue weighted by molar-refractivity contribution is -0.142. The van der Waals surface area contributed by atoms with Crippen LogP contribution in [0.4, 0.5) is 0 Å². The van der Waals surface area contributed by atoms with E-state index in [1.165, 1.54) is 0 Å². The topological polar surface area (TPSA) is 80.5 Å². The van der Waals surface area contributed by atoms with Crippen molar-refractivity contribution in [3.63, 3.8) is 0 Å². The van der Waals surface area contributed by atoms with Crippen molar-refractivity contribution in [2.45, 2.75) is 65.8 Å². The van der Waals surface area contributed by atoms with E-state index >= 15 is 0 Å². The fourth-order valence-corrected chi connectivity index (χ4v) is 4.26. The van der Waals surface area contributed by atoms with Crippen LogP contribution >= 0.6 is 0 Å². The van der Waals surface area contributed by atoms with Crippen molar-refractivity contribution in [2.75, 3.05) is 6.54 Å². The molecule has 0 bridgehead atoms. The maximum Gasteiger partial charge on any atom is 0.225 e. The Kier molecular flexibility index (Phi) is 6.05. The van der Waals surface area contributed by atoms with Crippen molar-refractivity contribution in [3.8, 4) is 0 Å². The molecule has 1 aliphatic heterocycles. The molecule has 1 heterocycles. The maximum atomic E-state index is 13.1. The molecule has 5 heteroatoms. The van der Waals surface area contributed by atoms with Gasteiger partial charge in [-0.15, -0.1) is 0 Å². The van der Waals surface area contributed by atoms with Crippen LogP contribution in [0.25, 0.3) is 0 Å². The number of rotatable bonds is 4. The van der Waals surface area contributed by atoms with Gasteiger partial charge in [0.25, 0.3) is 0 Å². The molecule has 0 aromatic rings. The van der Waals surface area contributed by atoms with E-state index in [0.29, 0.717) is 18.9 Å². The number of carbonyl (C=O) groups is 3. The highest BCUT2D eigenvalue weighted by Crippen LogP contribution is 2.37. The molecular weight excluding hydrogens is 304 g/mol. The lowest BCUT2D eigenvalue weighted by Crippen LogP contribution is -2.50. The average Bonchev–Trinajstić information content (AvgIpc) is 2.54. The molecular formula is C19H32N2O3. The maximum absolute atomic E-state index is 13.1. The van der Waals surface area contributed by atoms with Crippen LogP contribution in [0.15, 0.2) is 0 Å². The van der Waals surface area contributed by atoms with Gasteiger partial charge in [0.1, 0.15) is 5.78 Å². The first-order valence-corrected chi connectivity index (χ1v) is 9.35. The Morgan fingerprint density at radius 2 is 1.62 bits per heavy atom. The SMILES string of the molecule is CC(C)C(=O)N1CC(C(=O)C2C[C@H](C(N)=O)CC[C@H]2C)CC[C@H]1C. The second kappa shape index (κ2) is 7.66. The van der Waals surface area contributed by atoms with Crippen LogP contribution in [0, 0.1) is 29.6 Å². The van der Waals surface area contributed by atoms with Gasteiger partial charge >= 0.3 is 0 Å². The number of piperidine rings is 1. The Bertz CT molecular complexity index is 503. The molecule has 2 aliphatic rings. The average molecular weight is 336 g/mol. The molecule has 2 N–H and O–H groups in total. The number of likely N-dealkylation sites (tertiary alicyclic amines) is 1. The summed E-state index contributed by atoms with van der Waals surface area (Å²) in [5, 5.41) is 0. The number of hydrogen-bond donors (Lipinski definition) is 1. The Balaban J connectivity index is 2.08. The Morgan fingerprint density at radius 1 is 1.00 bits per heavy atom. The Labute approximate surface area is 145 Å². The monoisotopic (exact) mass is 336 g/mol. The molecule has 0 aromatic heterocycles. The predicted octanol–water partition coefficient (Wildman–Crippen LogP) is 2.38. The fraction of sp³-hybridized carbons (Fsp3) is 0.842. The standard InChI is InChI=1S/C19H32N2O3/c1-11(2)19(24)21-10-15(8-6-13(21)4)17(22)16-9-14(18(20)23)7-5-12(16)3/h11-16H,5-10H2,1-4H3,(H2,20,23)/t12-,13-,14-,15?,16?/m1/s1. The third-order valence-electron chi connectivity index (χ3n) is 6.03. The first-order chi connectivity index (χ1) is 11.2. The van der Waals surface area contributed by atoms with Crippen LogP contribution in [-0.4, -0.2) is 35.1 Å². The van der Waals surface area contributed by atoms with E-state index in [1.807, 2.05) is 18.7 Å². The first kappa shape index (κ1) is 18.9. The number of Topliss-reactive ketones (excluding diaryl/α,β-unsaturated/α-hetero) is 1. The molecule has 2 amide bonds. The van der Waals surface area contributed by atoms with Crippen molar-refractivity contribution < 1.29 is 14.4 Å². The van der Waals surface area contributed by atoms with Gasteiger partial charge in [0.05, 0.1) is 0 Å². The highest BCUT2D eigenvalue weighted by atomic mass is 16.2. The van der Waals surface area contributed by atoms with Gasteiger partial charge in [-0.2, -0.15) is 0 Å². The smallest absolute Gasteiger partial charge is 0.225 e. The summed E-state index contributed by atoms with van der Waals surface area (Å²) in [7, 11) is 0. The molecule has 1 saturated heterocycles. The van der Waals surface area contributed by atoms with Crippen LogP contribution in [0.5, 0.6) is 0 Å². The zero-order chi connectivity index (χ0) is 18.0. The van der Waals surface area contributed by atoms with Crippen LogP contribution < -0.4 is 5.73 Å². The number of primary amides is 1. The first-order valence-electron chi connectivity index (χ1n) is 9.35. The second-order valence-electron chi connectivity index (χ2n) is 8.17. The molecule has 5 nitrogen and oxygen atoms in total. The summed E-state index contributed by atoms with van der Waals surface area (Å²) in [4.78, 5) is 38.9. The lowest BCUT2D eigenvalue weighted by Gasteiger charge is -2.41. The van der Waals surface area contributed by atoms with Crippen molar-refractivity contribution in [1.29, 1.82) is 0 Å². The fourth-order valence-electron chi connectivity index (χ4n) is 4.26. The van der Waals surface area contributed by atoms with Crippen LogP contribution in [0.3, 0.4) is 0 Å². The van der Waals surface area contributed by atoms with E-state index in [4.69, 9.17) is 5.73 Å². The molecule has 2 fully saturated rings. The van der Waals surface area contributed by atoms with Gasteiger partial charge in [0, 0.05) is 36.3 Å². The van der Waals surface area contributed by atoms with Gasteiger partial charge < -0.3 is 10.6 Å². The van der Waals surface area contributed by atoms with Gasteiger partial charge in [0.2, 0.25) is 11.8 Å². The van der Waals surface area contributed by atoms with E-state index in [-0.39, 0.29) is 47.3 Å². The van der Waals surface area contributed by atoms with Crippen LogP contribution in [0.1, 0.15) is 59.8 Å². The van der Waals surface area contributed by atoms with Gasteiger partial charge in [-0.3, -0.25) is 14.4 Å². The summed E-state index contributed by atoms with van der Waals surface area (Å²) in [5.74, 6) is -0.0299. The molecule has 0 aromatic carbocycles. The number of nitrogens with two attached hydrogens (primary N) is 1. The normalized spacial score (nSPS) is 34.2. The number of ketones is 1. The van der Waals surface area contributed by atoms with Crippen LogP contribution in [0.2, 0.25) is 0 Å². The zero-order valence-electron chi connectivity index (χ0n) is 15.5. The van der Waals surface area contributed by atoms with E-state index in [1.54, 1.807) is 0 Å². The van der Waals surface area contributed by atoms with Gasteiger partial charge in [-0.05, 0) is 44.9 Å². The predicted molar refractivity (Wildman–Crippen MR) is 92.9 cm³/mol. The van der Waals surface area contributed by atoms with E-state index < -0.39 is 0 Å². The third-order valence-corrected chi connectivity index (χ3v) is 6.03. The molecule has 24 heavy (non-hydrogen) atoms. The summed E-state index contributed by atoms with van der Waals surface area (Å²) in [6, 6.07) is 0.200. The Morgan fingerprint density at radius 3 is 2.21 bits per heavy atom. The number of amides is 2. The van der Waals surface area contributed by atoms with Crippen molar-refractivity contribution in [1.82, 2.24) is 4.90 Å².